The Morgan fingerprint density at radius 3 is 2.60 bits per heavy atom. The lowest BCUT2D eigenvalue weighted by molar-refractivity contribution is -0.137. The van der Waals surface area contributed by atoms with Gasteiger partial charge >= 0.3 is 6.18 Å². The van der Waals surface area contributed by atoms with Gasteiger partial charge in [0.05, 0.1) is 29.7 Å². The summed E-state index contributed by atoms with van der Waals surface area (Å²) in [4.78, 5) is 17.0. The standard InChI is InChI=1S/C21H20F3N3O3/c1-27-19(26-17-11-30-7-6-18(17)28)8-14-15(9-25-10-16(14)20(27)29)12-2-4-13(5-3-12)21(22,23)24/h2-5,8-10,17-18,26,28H,6-7,11H2,1H3/t17-,18-/m1/s1. The van der Waals surface area contributed by atoms with Crippen LogP contribution in [0, 0.1) is 0 Å². The molecule has 4 rings (SSSR count). The van der Waals surface area contributed by atoms with Crippen molar-refractivity contribution in [1.29, 1.82) is 0 Å². The summed E-state index contributed by atoms with van der Waals surface area (Å²) in [5.41, 5.74) is 0.00948. The number of pyridine rings is 2. The Labute approximate surface area is 169 Å². The van der Waals surface area contributed by atoms with Crippen LogP contribution in [-0.4, -0.2) is 40.0 Å². The lowest BCUT2D eigenvalue weighted by Crippen LogP contribution is -2.43. The number of aromatic nitrogens is 2. The highest BCUT2D eigenvalue weighted by molar-refractivity contribution is 5.96. The first kappa shape index (κ1) is 20.4. The molecule has 3 heterocycles. The molecular weight excluding hydrogens is 399 g/mol. The van der Waals surface area contributed by atoms with Crippen molar-refractivity contribution in [3.63, 3.8) is 0 Å². The van der Waals surface area contributed by atoms with E-state index in [1.807, 2.05) is 0 Å². The zero-order chi connectivity index (χ0) is 21.5. The molecule has 1 saturated heterocycles. The third kappa shape index (κ3) is 3.78. The molecule has 1 aliphatic heterocycles. The van der Waals surface area contributed by atoms with Crippen LogP contribution in [-0.2, 0) is 18.0 Å². The largest absolute Gasteiger partial charge is 0.416 e. The zero-order valence-electron chi connectivity index (χ0n) is 16.1. The number of nitrogens with zero attached hydrogens (tertiary/aromatic N) is 2. The van der Waals surface area contributed by atoms with Crippen LogP contribution in [0.1, 0.15) is 12.0 Å². The number of hydrogen-bond acceptors (Lipinski definition) is 5. The number of halogens is 3. The Hall–Kier alpha value is -2.91. The Balaban J connectivity index is 1.80. The van der Waals surface area contributed by atoms with E-state index in [-0.39, 0.29) is 11.6 Å². The average Bonchev–Trinajstić information content (AvgIpc) is 2.72. The second-order valence-corrected chi connectivity index (χ2v) is 7.30. The van der Waals surface area contributed by atoms with Gasteiger partial charge in [-0.05, 0) is 30.2 Å². The van der Waals surface area contributed by atoms with Crippen LogP contribution in [0.15, 0.2) is 47.5 Å². The third-order valence-corrected chi connectivity index (χ3v) is 5.34. The van der Waals surface area contributed by atoms with Crippen molar-refractivity contribution >= 4 is 16.6 Å². The molecule has 2 aromatic heterocycles. The maximum absolute atomic E-state index is 12.9. The summed E-state index contributed by atoms with van der Waals surface area (Å²) >= 11 is 0. The van der Waals surface area contributed by atoms with Crippen LogP contribution < -0.4 is 10.9 Å². The fraction of sp³-hybridized carbons (Fsp3) is 0.333. The van der Waals surface area contributed by atoms with Crippen LogP contribution in [0.25, 0.3) is 21.9 Å². The molecule has 6 nitrogen and oxygen atoms in total. The molecule has 0 unspecified atom stereocenters. The van der Waals surface area contributed by atoms with Gasteiger partial charge in [0.15, 0.2) is 0 Å². The van der Waals surface area contributed by atoms with E-state index < -0.39 is 17.8 Å². The summed E-state index contributed by atoms with van der Waals surface area (Å²) in [6.45, 7) is 0.773. The van der Waals surface area contributed by atoms with Gasteiger partial charge in [-0.2, -0.15) is 13.2 Å². The molecule has 2 N–H and O–H groups in total. The number of rotatable bonds is 3. The van der Waals surface area contributed by atoms with Gasteiger partial charge in [0.2, 0.25) is 0 Å². The maximum Gasteiger partial charge on any atom is 0.416 e. The zero-order valence-corrected chi connectivity index (χ0v) is 16.1. The number of aliphatic hydroxyl groups is 1. The number of aliphatic hydroxyl groups excluding tert-OH is 1. The van der Waals surface area contributed by atoms with Gasteiger partial charge in [0, 0.05) is 37.0 Å². The molecule has 0 amide bonds. The average molecular weight is 419 g/mol. The fourth-order valence-corrected chi connectivity index (χ4v) is 3.58. The van der Waals surface area contributed by atoms with E-state index in [0.717, 1.165) is 12.1 Å². The maximum atomic E-state index is 12.9. The molecule has 0 spiro atoms. The van der Waals surface area contributed by atoms with Gasteiger partial charge < -0.3 is 15.2 Å². The number of fused-ring (bicyclic) bond motifs is 1. The smallest absolute Gasteiger partial charge is 0.391 e. The van der Waals surface area contributed by atoms with E-state index in [1.54, 1.807) is 13.1 Å². The lowest BCUT2D eigenvalue weighted by Gasteiger charge is -2.30. The Morgan fingerprint density at radius 2 is 1.93 bits per heavy atom. The highest BCUT2D eigenvalue weighted by atomic mass is 19.4. The first-order valence-corrected chi connectivity index (χ1v) is 9.43. The summed E-state index contributed by atoms with van der Waals surface area (Å²) in [7, 11) is 1.60. The van der Waals surface area contributed by atoms with Crippen LogP contribution in [0.2, 0.25) is 0 Å². The normalized spacial score (nSPS) is 19.8. The topological polar surface area (TPSA) is 76.4 Å². The van der Waals surface area contributed by atoms with E-state index in [4.69, 9.17) is 4.74 Å². The van der Waals surface area contributed by atoms with E-state index in [2.05, 4.69) is 10.3 Å². The molecule has 1 aliphatic rings. The van der Waals surface area contributed by atoms with Gasteiger partial charge in [-0.1, -0.05) is 12.1 Å². The quantitative estimate of drug-likeness (QED) is 0.682. The van der Waals surface area contributed by atoms with E-state index in [0.29, 0.717) is 47.4 Å². The lowest BCUT2D eigenvalue weighted by atomic mass is 10.00. The fourth-order valence-electron chi connectivity index (χ4n) is 3.58. The third-order valence-electron chi connectivity index (χ3n) is 5.34. The minimum absolute atomic E-state index is 0.301. The molecule has 30 heavy (non-hydrogen) atoms. The van der Waals surface area contributed by atoms with Gasteiger partial charge in [0.1, 0.15) is 5.82 Å². The highest BCUT2D eigenvalue weighted by Crippen LogP contribution is 2.33. The van der Waals surface area contributed by atoms with Crippen LogP contribution >= 0.6 is 0 Å². The molecule has 1 aromatic carbocycles. The highest BCUT2D eigenvalue weighted by Gasteiger charge is 2.30. The van der Waals surface area contributed by atoms with Crippen LogP contribution in [0.3, 0.4) is 0 Å². The minimum Gasteiger partial charge on any atom is -0.391 e. The molecule has 158 valence electrons. The predicted octanol–water partition coefficient (Wildman–Crippen LogP) is 3.18. The van der Waals surface area contributed by atoms with Crippen LogP contribution in [0.4, 0.5) is 19.0 Å². The number of benzene rings is 1. The van der Waals surface area contributed by atoms with Crippen molar-refractivity contribution in [3.05, 3.63) is 58.6 Å². The Kier molecular flexibility index (Phi) is 5.25. The van der Waals surface area contributed by atoms with E-state index >= 15 is 0 Å². The molecular formula is C21H20F3N3O3. The SMILES string of the molecule is Cn1c(N[C@@H]2COCC[C@H]2O)cc2c(-c3ccc(C(F)(F)F)cc3)cncc2c1=O. The Bertz CT molecular complexity index is 1130. The molecule has 0 saturated carbocycles. The van der Waals surface area contributed by atoms with Crippen molar-refractivity contribution in [3.8, 4) is 11.1 Å². The molecule has 0 bridgehead atoms. The molecule has 3 aromatic rings. The molecule has 0 aliphatic carbocycles. The Morgan fingerprint density at radius 1 is 1.20 bits per heavy atom. The van der Waals surface area contributed by atoms with E-state index in [9.17, 15) is 23.1 Å². The van der Waals surface area contributed by atoms with E-state index in [1.165, 1.54) is 29.1 Å². The molecule has 0 radical (unpaired) electrons. The second kappa shape index (κ2) is 7.73. The van der Waals surface area contributed by atoms with Crippen molar-refractivity contribution in [2.75, 3.05) is 18.5 Å². The van der Waals surface area contributed by atoms with Gasteiger partial charge in [-0.15, -0.1) is 0 Å². The van der Waals surface area contributed by atoms with Crippen molar-refractivity contribution in [1.82, 2.24) is 9.55 Å². The first-order chi connectivity index (χ1) is 14.3. The summed E-state index contributed by atoms with van der Waals surface area (Å²) < 4.78 is 45.5. The minimum atomic E-state index is -4.43. The number of nitrogens with one attached hydrogen (secondary N) is 1. The number of anilines is 1. The van der Waals surface area contributed by atoms with Crippen molar-refractivity contribution in [2.24, 2.45) is 7.05 Å². The van der Waals surface area contributed by atoms with Gasteiger partial charge in [-0.25, -0.2) is 0 Å². The summed E-state index contributed by atoms with van der Waals surface area (Å²) in [6.07, 6.45) is -1.59. The summed E-state index contributed by atoms with van der Waals surface area (Å²) in [5.74, 6) is 0.474. The van der Waals surface area contributed by atoms with Crippen molar-refractivity contribution < 1.29 is 23.0 Å². The van der Waals surface area contributed by atoms with Crippen molar-refractivity contribution in [2.45, 2.75) is 24.7 Å². The second-order valence-electron chi connectivity index (χ2n) is 7.30. The molecule has 2 atom stereocenters. The van der Waals surface area contributed by atoms with Crippen LogP contribution in [0.5, 0.6) is 0 Å². The monoisotopic (exact) mass is 419 g/mol. The molecule has 9 heteroatoms. The summed E-state index contributed by atoms with van der Waals surface area (Å²) in [5, 5.41) is 14.3. The summed E-state index contributed by atoms with van der Waals surface area (Å²) in [6, 6.07) is 6.10. The molecule has 1 fully saturated rings. The number of alkyl halides is 3. The van der Waals surface area contributed by atoms with Gasteiger partial charge in [-0.3, -0.25) is 14.3 Å². The number of hydrogen-bond donors (Lipinski definition) is 2. The predicted molar refractivity (Wildman–Crippen MR) is 106 cm³/mol. The first-order valence-electron chi connectivity index (χ1n) is 9.43. The van der Waals surface area contributed by atoms with Gasteiger partial charge in [0.25, 0.3) is 5.56 Å². The number of ether oxygens (including phenoxy) is 1.